The van der Waals surface area contributed by atoms with Crippen LogP contribution in [0.15, 0.2) is 132 Å². The first-order valence-electron chi connectivity index (χ1n) is 11.8. The predicted molar refractivity (Wildman–Crippen MR) is 145 cm³/mol. The van der Waals surface area contributed by atoms with Crippen LogP contribution in [0.1, 0.15) is 0 Å². The monoisotopic (exact) mass is 447 g/mol. The molecule has 0 radical (unpaired) electrons. The highest BCUT2D eigenvalue weighted by atomic mass is 16.3. The second kappa shape index (κ2) is 7.96. The van der Waals surface area contributed by atoms with Gasteiger partial charge in [-0.2, -0.15) is 0 Å². The summed E-state index contributed by atoms with van der Waals surface area (Å²) in [5, 5.41) is 4.72. The maximum atomic E-state index is 6.35. The molecule has 0 aliphatic carbocycles. The number of pyridine rings is 1. The van der Waals surface area contributed by atoms with Gasteiger partial charge in [0, 0.05) is 21.9 Å². The normalized spacial score (nSPS) is 11.4. The van der Waals surface area contributed by atoms with Gasteiger partial charge < -0.3 is 4.42 Å². The summed E-state index contributed by atoms with van der Waals surface area (Å²) in [5.74, 6) is 0. The predicted octanol–water partition coefficient (Wildman–Crippen LogP) is 9.14. The quantitative estimate of drug-likeness (QED) is 0.270. The molecular weight excluding hydrogens is 426 g/mol. The summed E-state index contributed by atoms with van der Waals surface area (Å²) < 4.78 is 6.35. The number of para-hydroxylation sites is 1. The van der Waals surface area contributed by atoms with Gasteiger partial charge in [-0.25, -0.2) is 4.98 Å². The largest absolute Gasteiger partial charge is 0.456 e. The van der Waals surface area contributed by atoms with E-state index in [2.05, 4.69) is 97.1 Å². The average molecular weight is 448 g/mol. The Morgan fingerprint density at radius 3 is 2.09 bits per heavy atom. The van der Waals surface area contributed by atoms with Gasteiger partial charge in [0.25, 0.3) is 0 Å². The summed E-state index contributed by atoms with van der Waals surface area (Å²) in [7, 11) is 0. The maximum Gasteiger partial charge on any atom is 0.136 e. The zero-order chi connectivity index (χ0) is 23.2. The van der Waals surface area contributed by atoms with Crippen molar-refractivity contribution >= 4 is 32.7 Å². The molecule has 0 saturated carbocycles. The van der Waals surface area contributed by atoms with E-state index in [9.17, 15) is 0 Å². The molecule has 0 bridgehead atoms. The molecule has 2 heterocycles. The highest BCUT2D eigenvalue weighted by molar-refractivity contribution is 6.14. The number of rotatable bonds is 3. The SMILES string of the molecule is c1ccc(-c2cccc(-c3cc(-c4ccc5ccccc5c4)c4c(c3)oc3ccccc34)n2)cc1. The van der Waals surface area contributed by atoms with Gasteiger partial charge >= 0.3 is 0 Å². The van der Waals surface area contributed by atoms with Gasteiger partial charge in [-0.15, -0.1) is 0 Å². The average Bonchev–Trinajstić information content (AvgIpc) is 3.31. The number of furan rings is 1. The number of hydrogen-bond acceptors (Lipinski definition) is 2. The topological polar surface area (TPSA) is 26.0 Å². The molecule has 7 rings (SSSR count). The van der Waals surface area contributed by atoms with E-state index in [4.69, 9.17) is 9.40 Å². The lowest BCUT2D eigenvalue weighted by atomic mass is 9.94. The van der Waals surface area contributed by atoms with Crippen molar-refractivity contribution in [3.05, 3.63) is 127 Å². The Kier molecular flexibility index (Phi) is 4.49. The Morgan fingerprint density at radius 1 is 0.457 bits per heavy atom. The first-order chi connectivity index (χ1) is 17.3. The lowest BCUT2D eigenvalue weighted by molar-refractivity contribution is 0.669. The van der Waals surface area contributed by atoms with E-state index in [0.29, 0.717) is 0 Å². The van der Waals surface area contributed by atoms with Crippen LogP contribution in [-0.4, -0.2) is 4.98 Å². The van der Waals surface area contributed by atoms with Gasteiger partial charge in [0.1, 0.15) is 11.2 Å². The lowest BCUT2D eigenvalue weighted by Gasteiger charge is -2.10. The summed E-state index contributed by atoms with van der Waals surface area (Å²) in [4.78, 5) is 5.02. The lowest BCUT2D eigenvalue weighted by Crippen LogP contribution is -1.89. The van der Waals surface area contributed by atoms with Crippen LogP contribution in [0.3, 0.4) is 0 Å². The van der Waals surface area contributed by atoms with E-state index in [0.717, 1.165) is 50.0 Å². The molecule has 2 nitrogen and oxygen atoms in total. The van der Waals surface area contributed by atoms with E-state index in [-0.39, 0.29) is 0 Å². The van der Waals surface area contributed by atoms with Crippen LogP contribution in [0.2, 0.25) is 0 Å². The number of nitrogens with zero attached hydrogens (tertiary/aromatic N) is 1. The Hall–Kier alpha value is -4.69. The first kappa shape index (κ1) is 19.7. The molecule has 2 aromatic heterocycles. The van der Waals surface area contributed by atoms with Crippen molar-refractivity contribution in [2.75, 3.05) is 0 Å². The summed E-state index contributed by atoms with van der Waals surface area (Å²) in [6.45, 7) is 0. The van der Waals surface area contributed by atoms with Crippen LogP contribution in [0.25, 0.3) is 66.4 Å². The fourth-order valence-electron chi connectivity index (χ4n) is 4.95. The molecular formula is C33H21NO. The number of aromatic nitrogens is 1. The van der Waals surface area contributed by atoms with Crippen LogP contribution in [0, 0.1) is 0 Å². The molecule has 2 heteroatoms. The Bertz CT molecular complexity index is 1850. The van der Waals surface area contributed by atoms with Gasteiger partial charge in [0.2, 0.25) is 0 Å². The molecule has 0 aliphatic rings. The summed E-state index contributed by atoms with van der Waals surface area (Å²) in [6.07, 6.45) is 0. The smallest absolute Gasteiger partial charge is 0.136 e. The van der Waals surface area contributed by atoms with E-state index in [1.165, 1.54) is 16.3 Å². The Labute approximate surface area is 203 Å². The van der Waals surface area contributed by atoms with Crippen molar-refractivity contribution in [2.45, 2.75) is 0 Å². The summed E-state index contributed by atoms with van der Waals surface area (Å²) in [6, 6.07) is 44.3. The van der Waals surface area contributed by atoms with E-state index in [1.807, 2.05) is 30.3 Å². The molecule has 5 aromatic carbocycles. The molecule has 0 fully saturated rings. The molecule has 35 heavy (non-hydrogen) atoms. The van der Waals surface area contributed by atoms with Gasteiger partial charge in [-0.3, -0.25) is 0 Å². The minimum atomic E-state index is 0.874. The van der Waals surface area contributed by atoms with Crippen LogP contribution in [0.5, 0.6) is 0 Å². The van der Waals surface area contributed by atoms with E-state index < -0.39 is 0 Å². The third kappa shape index (κ3) is 3.39. The third-order valence-corrected chi connectivity index (χ3v) is 6.65. The number of benzene rings is 5. The molecule has 164 valence electrons. The zero-order valence-electron chi connectivity index (χ0n) is 19.0. The van der Waals surface area contributed by atoms with Crippen molar-refractivity contribution in [3.63, 3.8) is 0 Å². The fraction of sp³-hybridized carbons (Fsp3) is 0. The van der Waals surface area contributed by atoms with Gasteiger partial charge in [-0.05, 0) is 58.3 Å². The van der Waals surface area contributed by atoms with Crippen molar-refractivity contribution in [1.82, 2.24) is 4.98 Å². The van der Waals surface area contributed by atoms with Crippen LogP contribution < -0.4 is 0 Å². The van der Waals surface area contributed by atoms with Gasteiger partial charge in [0.15, 0.2) is 0 Å². The van der Waals surface area contributed by atoms with Gasteiger partial charge in [-0.1, -0.05) is 91.0 Å². The maximum absolute atomic E-state index is 6.35. The van der Waals surface area contributed by atoms with E-state index >= 15 is 0 Å². The Balaban J connectivity index is 1.49. The van der Waals surface area contributed by atoms with Crippen molar-refractivity contribution in [2.24, 2.45) is 0 Å². The molecule has 7 aromatic rings. The second-order valence-corrected chi connectivity index (χ2v) is 8.83. The molecule has 0 spiro atoms. The van der Waals surface area contributed by atoms with Crippen LogP contribution in [-0.2, 0) is 0 Å². The zero-order valence-corrected chi connectivity index (χ0v) is 19.0. The van der Waals surface area contributed by atoms with Crippen LogP contribution >= 0.6 is 0 Å². The Morgan fingerprint density at radius 2 is 1.20 bits per heavy atom. The van der Waals surface area contributed by atoms with E-state index in [1.54, 1.807) is 0 Å². The fourth-order valence-corrected chi connectivity index (χ4v) is 4.95. The minimum Gasteiger partial charge on any atom is -0.456 e. The summed E-state index contributed by atoms with van der Waals surface area (Å²) in [5.41, 5.74) is 8.12. The number of hydrogen-bond donors (Lipinski definition) is 0. The first-order valence-corrected chi connectivity index (χ1v) is 11.8. The van der Waals surface area contributed by atoms with Gasteiger partial charge in [0.05, 0.1) is 11.4 Å². The highest BCUT2D eigenvalue weighted by Crippen LogP contribution is 2.40. The molecule has 0 amide bonds. The molecule has 0 N–H and O–H groups in total. The molecule has 0 aliphatic heterocycles. The summed E-state index contributed by atoms with van der Waals surface area (Å²) >= 11 is 0. The highest BCUT2D eigenvalue weighted by Gasteiger charge is 2.16. The molecule has 0 unspecified atom stereocenters. The standard InChI is InChI=1S/C33H21NO/c1-2-10-23(11-3-1)29-14-8-15-30(34-29)26-20-28(25-18-17-22-9-4-5-12-24(22)19-25)33-27-13-6-7-16-31(27)35-32(33)21-26/h1-21H. The van der Waals surface area contributed by atoms with Crippen LogP contribution in [0.4, 0.5) is 0 Å². The van der Waals surface area contributed by atoms with Crippen molar-refractivity contribution < 1.29 is 4.42 Å². The number of fused-ring (bicyclic) bond motifs is 4. The van der Waals surface area contributed by atoms with Crippen molar-refractivity contribution in [3.8, 4) is 33.6 Å². The molecule has 0 atom stereocenters. The third-order valence-electron chi connectivity index (χ3n) is 6.65. The minimum absolute atomic E-state index is 0.874. The molecule has 0 saturated heterocycles. The second-order valence-electron chi connectivity index (χ2n) is 8.83. The van der Waals surface area contributed by atoms with Crippen molar-refractivity contribution in [1.29, 1.82) is 0 Å².